The van der Waals surface area contributed by atoms with E-state index in [4.69, 9.17) is 9.47 Å². The van der Waals surface area contributed by atoms with Gasteiger partial charge in [0.15, 0.2) is 11.5 Å². The van der Waals surface area contributed by atoms with Crippen LogP contribution in [0.3, 0.4) is 0 Å². The zero-order valence-electron chi connectivity index (χ0n) is 18.9. The molecule has 0 saturated carbocycles. The minimum Gasteiger partial charge on any atom is -0.493 e. The molecule has 2 aromatic rings. The van der Waals surface area contributed by atoms with Gasteiger partial charge in [-0.1, -0.05) is 12.1 Å². The molecule has 0 aliphatic carbocycles. The molecular formula is C23H30N4O5S. The molecule has 0 atom stereocenters. The number of hydrogen-bond acceptors (Lipinski definition) is 7. The third-order valence-corrected chi connectivity index (χ3v) is 7.27. The SMILES string of the molecule is COc1ccc(/C=C\C(=O)NCCCS(=O)(=O)N2CCN(c3ccccn3)CC2)cc1OC. The summed E-state index contributed by atoms with van der Waals surface area (Å²) in [4.78, 5) is 18.5. The highest BCUT2D eigenvalue weighted by Gasteiger charge is 2.26. The number of pyridine rings is 1. The zero-order chi connectivity index (χ0) is 23.7. The monoisotopic (exact) mass is 474 g/mol. The third-order valence-electron chi connectivity index (χ3n) is 5.32. The summed E-state index contributed by atoms with van der Waals surface area (Å²) >= 11 is 0. The molecule has 178 valence electrons. The van der Waals surface area contributed by atoms with Crippen LogP contribution in [-0.2, 0) is 14.8 Å². The lowest BCUT2D eigenvalue weighted by Gasteiger charge is -2.34. The number of carbonyl (C=O) groups is 1. The van der Waals surface area contributed by atoms with E-state index in [1.807, 2.05) is 24.3 Å². The third kappa shape index (κ3) is 6.93. The van der Waals surface area contributed by atoms with E-state index in [1.54, 1.807) is 38.6 Å². The first-order chi connectivity index (χ1) is 15.9. The summed E-state index contributed by atoms with van der Waals surface area (Å²) in [5.74, 6) is 1.75. The summed E-state index contributed by atoms with van der Waals surface area (Å²) in [5, 5.41) is 2.73. The predicted octanol–water partition coefficient (Wildman–Crippen LogP) is 1.77. The van der Waals surface area contributed by atoms with E-state index in [1.165, 1.54) is 10.4 Å². The molecule has 10 heteroatoms. The first-order valence-corrected chi connectivity index (χ1v) is 12.4. The Hall–Kier alpha value is -3.11. The number of nitrogens with zero attached hydrogens (tertiary/aromatic N) is 3. The van der Waals surface area contributed by atoms with Crippen molar-refractivity contribution in [1.82, 2.24) is 14.6 Å². The number of benzene rings is 1. The second kappa shape index (κ2) is 11.7. The summed E-state index contributed by atoms with van der Waals surface area (Å²) in [6.45, 7) is 2.35. The predicted molar refractivity (Wildman–Crippen MR) is 128 cm³/mol. The van der Waals surface area contributed by atoms with E-state index < -0.39 is 10.0 Å². The molecule has 1 aliphatic heterocycles. The fourth-order valence-electron chi connectivity index (χ4n) is 3.52. The maximum absolute atomic E-state index is 12.6. The van der Waals surface area contributed by atoms with Crippen LogP contribution < -0.4 is 19.7 Å². The summed E-state index contributed by atoms with van der Waals surface area (Å²) in [6.07, 6.45) is 5.15. The number of nitrogens with one attached hydrogen (secondary N) is 1. The number of anilines is 1. The molecule has 0 radical (unpaired) electrons. The Balaban J connectivity index is 1.40. The normalized spacial score (nSPS) is 14.9. The van der Waals surface area contributed by atoms with E-state index in [0.717, 1.165) is 11.4 Å². The second-order valence-corrected chi connectivity index (χ2v) is 9.57. The van der Waals surface area contributed by atoms with Crippen molar-refractivity contribution in [3.8, 4) is 11.5 Å². The van der Waals surface area contributed by atoms with E-state index in [9.17, 15) is 13.2 Å². The van der Waals surface area contributed by atoms with Crippen molar-refractivity contribution in [2.45, 2.75) is 6.42 Å². The van der Waals surface area contributed by atoms with Gasteiger partial charge in [-0.15, -0.1) is 0 Å². The van der Waals surface area contributed by atoms with Gasteiger partial charge < -0.3 is 19.7 Å². The molecule has 1 aliphatic rings. The standard InChI is InChI=1S/C23H30N4O5S/c1-31-20-9-7-19(18-21(20)32-2)8-10-23(28)25-12-5-17-33(29,30)27-15-13-26(14-16-27)22-6-3-4-11-24-22/h3-4,6-11,18H,5,12-17H2,1-2H3,(H,25,28)/b10-8-. The van der Waals surface area contributed by atoms with Crippen LogP contribution in [0.1, 0.15) is 12.0 Å². The van der Waals surface area contributed by atoms with Crippen molar-refractivity contribution < 1.29 is 22.7 Å². The Kier molecular flexibility index (Phi) is 8.67. The van der Waals surface area contributed by atoms with E-state index in [2.05, 4.69) is 15.2 Å². The van der Waals surface area contributed by atoms with Gasteiger partial charge >= 0.3 is 0 Å². The van der Waals surface area contributed by atoms with Gasteiger partial charge in [0.05, 0.1) is 20.0 Å². The van der Waals surface area contributed by atoms with Crippen molar-refractivity contribution in [3.05, 3.63) is 54.2 Å². The van der Waals surface area contributed by atoms with E-state index in [-0.39, 0.29) is 18.2 Å². The number of rotatable bonds is 10. The molecule has 2 heterocycles. The topological polar surface area (TPSA) is 101 Å². The van der Waals surface area contributed by atoms with Crippen LogP contribution in [0, 0.1) is 0 Å². The molecule has 1 aromatic heterocycles. The molecule has 9 nitrogen and oxygen atoms in total. The van der Waals surface area contributed by atoms with Gasteiger partial charge in [-0.2, -0.15) is 4.31 Å². The van der Waals surface area contributed by atoms with Crippen LogP contribution >= 0.6 is 0 Å². The van der Waals surface area contributed by atoms with Crippen LogP contribution in [0.5, 0.6) is 11.5 Å². The van der Waals surface area contributed by atoms with Crippen LogP contribution in [-0.4, -0.2) is 76.3 Å². The first-order valence-electron chi connectivity index (χ1n) is 10.7. The molecule has 1 N–H and O–H groups in total. The highest BCUT2D eigenvalue weighted by atomic mass is 32.2. The number of amides is 1. The molecule has 1 saturated heterocycles. The molecule has 0 unspecified atom stereocenters. The van der Waals surface area contributed by atoms with Gasteiger partial charge in [-0.3, -0.25) is 4.79 Å². The van der Waals surface area contributed by atoms with Gasteiger partial charge in [-0.25, -0.2) is 13.4 Å². The molecule has 0 bridgehead atoms. The molecular weight excluding hydrogens is 444 g/mol. The molecule has 0 spiro atoms. The lowest BCUT2D eigenvalue weighted by Crippen LogP contribution is -2.49. The van der Waals surface area contributed by atoms with Gasteiger partial charge in [-0.05, 0) is 42.3 Å². The summed E-state index contributed by atoms with van der Waals surface area (Å²) in [6, 6.07) is 11.0. The second-order valence-electron chi connectivity index (χ2n) is 7.48. The minimum atomic E-state index is -3.37. The smallest absolute Gasteiger partial charge is 0.243 e. The minimum absolute atomic E-state index is 0.00371. The number of hydrogen-bond donors (Lipinski definition) is 1. The highest BCUT2D eigenvalue weighted by Crippen LogP contribution is 2.27. The van der Waals surface area contributed by atoms with Crippen LogP contribution in [0.15, 0.2) is 48.7 Å². The maximum Gasteiger partial charge on any atom is 0.243 e. The summed E-state index contributed by atoms with van der Waals surface area (Å²) in [7, 11) is -0.259. The Morgan fingerprint density at radius 3 is 2.52 bits per heavy atom. The molecule has 1 fully saturated rings. The Labute approximate surface area is 195 Å². The van der Waals surface area contributed by atoms with Crippen molar-refractivity contribution in [1.29, 1.82) is 0 Å². The van der Waals surface area contributed by atoms with Gasteiger partial charge in [0.1, 0.15) is 5.82 Å². The van der Waals surface area contributed by atoms with Crippen molar-refractivity contribution in [2.24, 2.45) is 0 Å². The zero-order valence-corrected chi connectivity index (χ0v) is 19.8. The molecule has 3 rings (SSSR count). The van der Waals surface area contributed by atoms with E-state index in [0.29, 0.717) is 44.1 Å². The average Bonchev–Trinajstić information content (AvgIpc) is 2.85. The number of carbonyl (C=O) groups excluding carboxylic acids is 1. The quantitative estimate of drug-likeness (QED) is 0.414. The highest BCUT2D eigenvalue weighted by molar-refractivity contribution is 7.89. The largest absolute Gasteiger partial charge is 0.493 e. The van der Waals surface area contributed by atoms with Crippen LogP contribution in [0.4, 0.5) is 5.82 Å². The summed E-state index contributed by atoms with van der Waals surface area (Å²) < 4.78 is 37.2. The Morgan fingerprint density at radius 2 is 1.85 bits per heavy atom. The average molecular weight is 475 g/mol. The fraction of sp³-hybridized carbons (Fsp3) is 0.391. The van der Waals surface area contributed by atoms with Crippen molar-refractivity contribution in [3.63, 3.8) is 0 Å². The van der Waals surface area contributed by atoms with Gasteiger partial charge in [0.2, 0.25) is 15.9 Å². The number of ether oxygens (including phenoxy) is 2. The molecule has 1 aromatic carbocycles. The molecule has 33 heavy (non-hydrogen) atoms. The number of piperazine rings is 1. The van der Waals surface area contributed by atoms with E-state index >= 15 is 0 Å². The lowest BCUT2D eigenvalue weighted by molar-refractivity contribution is -0.116. The first kappa shape index (κ1) is 24.5. The Bertz CT molecular complexity index is 1050. The van der Waals surface area contributed by atoms with Gasteiger partial charge in [0.25, 0.3) is 0 Å². The van der Waals surface area contributed by atoms with Crippen molar-refractivity contribution >= 4 is 27.8 Å². The molecule has 1 amide bonds. The lowest BCUT2D eigenvalue weighted by atomic mass is 10.2. The number of sulfonamides is 1. The van der Waals surface area contributed by atoms with Crippen molar-refractivity contribution in [2.75, 3.05) is 57.6 Å². The van der Waals surface area contributed by atoms with Crippen LogP contribution in [0.25, 0.3) is 6.08 Å². The maximum atomic E-state index is 12.6. The van der Waals surface area contributed by atoms with Crippen LogP contribution in [0.2, 0.25) is 0 Å². The number of methoxy groups -OCH3 is 2. The Morgan fingerprint density at radius 1 is 1.09 bits per heavy atom. The summed E-state index contributed by atoms with van der Waals surface area (Å²) in [5.41, 5.74) is 0.787. The fourth-order valence-corrected chi connectivity index (χ4v) is 5.01. The van der Waals surface area contributed by atoms with Gasteiger partial charge in [0, 0.05) is 45.0 Å². The number of aromatic nitrogens is 1.